The van der Waals surface area contributed by atoms with Crippen LogP contribution in [0, 0.1) is 0 Å². The highest BCUT2D eigenvalue weighted by atomic mass is 31.0. The van der Waals surface area contributed by atoms with Crippen LogP contribution >= 0.6 is 27.7 Å². The van der Waals surface area contributed by atoms with Gasteiger partial charge in [0, 0.05) is 0 Å². The summed E-state index contributed by atoms with van der Waals surface area (Å²) in [7, 11) is 8.44. The second kappa shape index (κ2) is 8.36. The Morgan fingerprint density at radius 2 is 1.08 bits per heavy atom. The summed E-state index contributed by atoms with van der Waals surface area (Å²) in [6, 6.07) is 24.5. The molecule has 0 spiro atoms. The summed E-state index contributed by atoms with van der Waals surface area (Å²) in [4.78, 5) is 0. The first-order valence-electron chi connectivity index (χ1n) is 8.17. The van der Waals surface area contributed by atoms with E-state index in [1.54, 1.807) is 0 Å². The van der Waals surface area contributed by atoms with Gasteiger partial charge in [0.15, 0.2) is 0 Å². The van der Waals surface area contributed by atoms with Gasteiger partial charge in [0.05, 0.1) is 0 Å². The molecule has 3 aromatic rings. The SMILES string of the molecule is PCc1ccc(-c2cccc(-c3ccc(CP)c(CP)c3)c2)cc1. The highest BCUT2D eigenvalue weighted by Crippen LogP contribution is 2.29. The van der Waals surface area contributed by atoms with Crippen LogP contribution < -0.4 is 0 Å². The van der Waals surface area contributed by atoms with Crippen molar-refractivity contribution in [3.05, 3.63) is 83.4 Å². The second-order valence-electron chi connectivity index (χ2n) is 5.87. The molecular weight excluding hydrogens is 345 g/mol. The molecule has 122 valence electrons. The van der Waals surface area contributed by atoms with E-state index >= 15 is 0 Å². The van der Waals surface area contributed by atoms with Gasteiger partial charge in [0.1, 0.15) is 0 Å². The Morgan fingerprint density at radius 1 is 0.500 bits per heavy atom. The van der Waals surface area contributed by atoms with Gasteiger partial charge < -0.3 is 0 Å². The minimum Gasteiger partial charge on any atom is -0.133 e. The van der Waals surface area contributed by atoms with E-state index in [1.807, 2.05) is 0 Å². The van der Waals surface area contributed by atoms with Crippen molar-refractivity contribution >= 4 is 27.7 Å². The molecule has 0 saturated carbocycles. The van der Waals surface area contributed by atoms with Crippen LogP contribution in [0.15, 0.2) is 66.7 Å². The number of hydrogen-bond acceptors (Lipinski definition) is 0. The third-order valence-corrected chi connectivity index (χ3v) is 5.72. The van der Waals surface area contributed by atoms with Gasteiger partial charge in [0.2, 0.25) is 0 Å². The summed E-state index contributed by atoms with van der Waals surface area (Å²) in [6.45, 7) is 0. The molecule has 3 rings (SSSR count). The van der Waals surface area contributed by atoms with Crippen LogP contribution in [-0.4, -0.2) is 0 Å². The molecule has 0 aliphatic heterocycles. The first-order valence-corrected chi connectivity index (χ1v) is 10.6. The van der Waals surface area contributed by atoms with Gasteiger partial charge in [-0.05, 0) is 63.5 Å². The fraction of sp³-hybridized carbons (Fsp3) is 0.143. The third-order valence-electron chi connectivity index (χ3n) is 4.36. The molecule has 3 aromatic carbocycles. The van der Waals surface area contributed by atoms with Crippen molar-refractivity contribution in [1.29, 1.82) is 0 Å². The Bertz CT molecular complexity index is 823. The predicted molar refractivity (Wildman–Crippen MR) is 118 cm³/mol. The van der Waals surface area contributed by atoms with E-state index in [-0.39, 0.29) is 0 Å². The normalized spacial score (nSPS) is 10.8. The summed E-state index contributed by atoms with van der Waals surface area (Å²) in [5.41, 5.74) is 9.26. The summed E-state index contributed by atoms with van der Waals surface area (Å²) in [5, 5.41) is 0. The summed E-state index contributed by atoms with van der Waals surface area (Å²) in [6.07, 6.45) is 3.00. The number of benzene rings is 3. The Kier molecular flexibility index (Phi) is 6.19. The third kappa shape index (κ3) is 3.95. The van der Waals surface area contributed by atoms with Crippen LogP contribution in [0.3, 0.4) is 0 Å². The maximum absolute atomic E-state index is 2.84. The molecule has 0 heterocycles. The molecule has 3 atom stereocenters. The highest BCUT2D eigenvalue weighted by Gasteiger charge is 2.05. The van der Waals surface area contributed by atoms with Crippen molar-refractivity contribution in [2.45, 2.75) is 18.5 Å². The molecule has 0 radical (unpaired) electrons. The molecule has 24 heavy (non-hydrogen) atoms. The topological polar surface area (TPSA) is 0 Å². The minimum absolute atomic E-state index is 0.994. The maximum Gasteiger partial charge on any atom is -0.0125 e. The van der Waals surface area contributed by atoms with E-state index in [0.717, 1.165) is 18.5 Å². The number of hydrogen-bond donors (Lipinski definition) is 0. The van der Waals surface area contributed by atoms with Crippen molar-refractivity contribution in [1.82, 2.24) is 0 Å². The van der Waals surface area contributed by atoms with E-state index in [9.17, 15) is 0 Å². The maximum atomic E-state index is 2.84. The molecule has 0 saturated heterocycles. The molecule has 0 N–H and O–H groups in total. The van der Waals surface area contributed by atoms with E-state index in [0.29, 0.717) is 0 Å². The molecule has 0 aromatic heterocycles. The number of rotatable bonds is 5. The molecule has 0 amide bonds. The van der Waals surface area contributed by atoms with Crippen molar-refractivity contribution in [2.75, 3.05) is 0 Å². The lowest BCUT2D eigenvalue weighted by Gasteiger charge is -2.11. The van der Waals surface area contributed by atoms with Crippen LogP contribution in [0.5, 0.6) is 0 Å². The smallest absolute Gasteiger partial charge is 0.0125 e. The summed E-state index contributed by atoms with van der Waals surface area (Å²) < 4.78 is 0. The Labute approximate surface area is 152 Å². The average Bonchev–Trinajstić information content (AvgIpc) is 2.67. The van der Waals surface area contributed by atoms with E-state index in [1.165, 1.54) is 38.9 Å². The molecule has 0 aliphatic carbocycles. The van der Waals surface area contributed by atoms with Gasteiger partial charge >= 0.3 is 0 Å². The van der Waals surface area contributed by atoms with Crippen molar-refractivity contribution < 1.29 is 0 Å². The molecule has 0 nitrogen and oxygen atoms in total. The Hall–Kier alpha value is -1.05. The highest BCUT2D eigenvalue weighted by molar-refractivity contribution is 7.16. The molecule has 0 aliphatic rings. The lowest BCUT2D eigenvalue weighted by molar-refractivity contribution is 1.28. The van der Waals surface area contributed by atoms with Crippen LogP contribution in [0.25, 0.3) is 22.3 Å². The minimum atomic E-state index is 0.994. The van der Waals surface area contributed by atoms with Crippen molar-refractivity contribution in [2.24, 2.45) is 0 Å². The van der Waals surface area contributed by atoms with Gasteiger partial charge in [-0.3, -0.25) is 0 Å². The summed E-state index contributed by atoms with van der Waals surface area (Å²) in [5.74, 6) is 0. The van der Waals surface area contributed by atoms with E-state index < -0.39 is 0 Å². The fourth-order valence-corrected chi connectivity index (χ4v) is 3.96. The predicted octanol–water partition coefficient (Wildman–Crippen LogP) is 6.15. The van der Waals surface area contributed by atoms with Crippen molar-refractivity contribution in [3.8, 4) is 22.3 Å². The monoisotopic (exact) mass is 368 g/mol. The van der Waals surface area contributed by atoms with Gasteiger partial charge in [-0.15, -0.1) is 27.7 Å². The van der Waals surface area contributed by atoms with Gasteiger partial charge in [-0.1, -0.05) is 60.7 Å². The van der Waals surface area contributed by atoms with Gasteiger partial charge in [-0.25, -0.2) is 0 Å². The van der Waals surface area contributed by atoms with E-state index in [2.05, 4.69) is 94.4 Å². The second-order valence-corrected chi connectivity index (χ2v) is 7.10. The standard InChI is InChI=1S/C21H23P3/c22-12-15-4-6-16(7-5-15)17-2-1-3-18(10-17)19-8-9-20(13-23)21(11-19)14-24/h1-11H,12-14,22-24H2. The van der Waals surface area contributed by atoms with Crippen LogP contribution in [0.4, 0.5) is 0 Å². The van der Waals surface area contributed by atoms with Crippen molar-refractivity contribution in [3.63, 3.8) is 0 Å². The Balaban J connectivity index is 1.98. The quantitative estimate of drug-likeness (QED) is 0.474. The zero-order chi connectivity index (χ0) is 16.9. The molecule has 0 bridgehead atoms. The molecular formula is C21H23P3. The largest absolute Gasteiger partial charge is 0.133 e. The lowest BCUT2D eigenvalue weighted by atomic mass is 9.96. The Morgan fingerprint density at radius 3 is 1.71 bits per heavy atom. The zero-order valence-corrected chi connectivity index (χ0v) is 17.2. The van der Waals surface area contributed by atoms with Gasteiger partial charge in [-0.2, -0.15) is 0 Å². The van der Waals surface area contributed by atoms with Crippen LogP contribution in [0.1, 0.15) is 16.7 Å². The van der Waals surface area contributed by atoms with E-state index in [4.69, 9.17) is 0 Å². The van der Waals surface area contributed by atoms with Crippen LogP contribution in [0.2, 0.25) is 0 Å². The fourth-order valence-electron chi connectivity index (χ4n) is 2.91. The van der Waals surface area contributed by atoms with Gasteiger partial charge in [0.25, 0.3) is 0 Å². The lowest BCUT2D eigenvalue weighted by Crippen LogP contribution is -1.89. The first-order chi connectivity index (χ1) is 11.7. The zero-order valence-electron chi connectivity index (χ0n) is 13.7. The molecule has 0 fully saturated rings. The first kappa shape index (κ1) is 17.8. The summed E-state index contributed by atoms with van der Waals surface area (Å²) >= 11 is 0. The molecule has 3 unspecified atom stereocenters. The van der Waals surface area contributed by atoms with Crippen LogP contribution in [-0.2, 0) is 18.5 Å². The average molecular weight is 368 g/mol. The molecule has 3 heteroatoms.